The first-order valence-corrected chi connectivity index (χ1v) is 6.45. The molecule has 1 aliphatic heterocycles. The SMILES string of the molecule is OC1CCN[C@H](c2ccc3scnc3c2)C1. The van der Waals surface area contributed by atoms with Crippen LogP contribution >= 0.6 is 11.3 Å². The average Bonchev–Trinajstić information content (AvgIpc) is 2.75. The molecular weight excluding hydrogens is 220 g/mol. The molecule has 0 bridgehead atoms. The third-order valence-electron chi connectivity index (χ3n) is 3.13. The highest BCUT2D eigenvalue weighted by atomic mass is 32.1. The number of nitrogens with zero attached hydrogens (tertiary/aromatic N) is 1. The van der Waals surface area contributed by atoms with E-state index in [1.54, 1.807) is 11.3 Å². The maximum atomic E-state index is 9.66. The molecule has 2 N–H and O–H groups in total. The Morgan fingerprint density at radius 2 is 2.38 bits per heavy atom. The molecule has 3 nitrogen and oxygen atoms in total. The lowest BCUT2D eigenvalue weighted by atomic mass is 9.95. The van der Waals surface area contributed by atoms with Gasteiger partial charge < -0.3 is 10.4 Å². The molecule has 4 heteroatoms. The summed E-state index contributed by atoms with van der Waals surface area (Å²) in [6.07, 6.45) is 1.49. The number of aliphatic hydroxyl groups excluding tert-OH is 1. The van der Waals surface area contributed by atoms with Crippen molar-refractivity contribution >= 4 is 21.6 Å². The fraction of sp³-hybridized carbons (Fsp3) is 0.417. The van der Waals surface area contributed by atoms with Gasteiger partial charge in [-0.05, 0) is 37.1 Å². The van der Waals surface area contributed by atoms with E-state index in [1.165, 1.54) is 10.3 Å². The molecule has 0 spiro atoms. The summed E-state index contributed by atoms with van der Waals surface area (Å²) in [5.41, 5.74) is 4.17. The highest BCUT2D eigenvalue weighted by Gasteiger charge is 2.21. The Morgan fingerprint density at radius 3 is 3.25 bits per heavy atom. The first kappa shape index (κ1) is 10.2. The van der Waals surface area contributed by atoms with Crippen LogP contribution in [0.3, 0.4) is 0 Å². The van der Waals surface area contributed by atoms with Gasteiger partial charge in [0.15, 0.2) is 0 Å². The lowest BCUT2D eigenvalue weighted by molar-refractivity contribution is 0.117. The summed E-state index contributed by atoms with van der Waals surface area (Å²) in [4.78, 5) is 4.32. The minimum absolute atomic E-state index is 0.169. The third-order valence-corrected chi connectivity index (χ3v) is 3.94. The predicted octanol–water partition coefficient (Wildman–Crippen LogP) is 2.08. The molecule has 0 amide bonds. The van der Waals surface area contributed by atoms with Gasteiger partial charge in [0.1, 0.15) is 0 Å². The van der Waals surface area contributed by atoms with Gasteiger partial charge in [0.25, 0.3) is 0 Å². The molecule has 2 atom stereocenters. The van der Waals surface area contributed by atoms with Crippen molar-refractivity contribution in [2.24, 2.45) is 0 Å². The van der Waals surface area contributed by atoms with E-state index >= 15 is 0 Å². The molecule has 2 heterocycles. The molecule has 2 aromatic rings. The van der Waals surface area contributed by atoms with E-state index in [1.807, 2.05) is 5.51 Å². The number of hydrogen-bond acceptors (Lipinski definition) is 4. The van der Waals surface area contributed by atoms with Gasteiger partial charge in [-0.3, -0.25) is 0 Å². The minimum Gasteiger partial charge on any atom is -0.393 e. The van der Waals surface area contributed by atoms with Gasteiger partial charge in [-0.2, -0.15) is 0 Å². The van der Waals surface area contributed by atoms with Gasteiger partial charge in [-0.25, -0.2) is 4.98 Å². The lowest BCUT2D eigenvalue weighted by Gasteiger charge is -2.27. The number of benzene rings is 1. The van der Waals surface area contributed by atoms with Crippen LogP contribution in [-0.4, -0.2) is 22.7 Å². The Morgan fingerprint density at radius 1 is 1.44 bits per heavy atom. The summed E-state index contributed by atoms with van der Waals surface area (Å²) < 4.78 is 1.22. The second kappa shape index (κ2) is 4.13. The standard InChI is InChI=1S/C12H14N2OS/c15-9-3-4-13-10(6-9)8-1-2-12-11(5-8)14-7-16-12/h1-2,5,7,9-10,13,15H,3-4,6H2/t9?,10-/m0/s1. The number of fused-ring (bicyclic) bond motifs is 1. The van der Waals surface area contributed by atoms with Crippen molar-refractivity contribution < 1.29 is 5.11 Å². The predicted molar refractivity (Wildman–Crippen MR) is 65.6 cm³/mol. The van der Waals surface area contributed by atoms with Crippen LogP contribution in [0.2, 0.25) is 0 Å². The largest absolute Gasteiger partial charge is 0.393 e. The summed E-state index contributed by atoms with van der Waals surface area (Å²) in [6, 6.07) is 6.65. The molecule has 1 aromatic carbocycles. The number of nitrogens with one attached hydrogen (secondary N) is 1. The van der Waals surface area contributed by atoms with E-state index in [0.29, 0.717) is 0 Å². The molecule has 84 valence electrons. The van der Waals surface area contributed by atoms with Gasteiger partial charge in [0.2, 0.25) is 0 Å². The van der Waals surface area contributed by atoms with Gasteiger partial charge in [-0.1, -0.05) is 6.07 Å². The van der Waals surface area contributed by atoms with Crippen LogP contribution in [0.1, 0.15) is 24.4 Å². The van der Waals surface area contributed by atoms with Crippen LogP contribution in [0.5, 0.6) is 0 Å². The minimum atomic E-state index is -0.169. The highest BCUT2D eigenvalue weighted by Crippen LogP contribution is 2.27. The Hall–Kier alpha value is -0.970. The van der Waals surface area contributed by atoms with E-state index in [2.05, 4.69) is 28.5 Å². The molecule has 1 fully saturated rings. The van der Waals surface area contributed by atoms with Crippen LogP contribution in [0.25, 0.3) is 10.2 Å². The van der Waals surface area contributed by atoms with E-state index in [4.69, 9.17) is 0 Å². The normalized spacial score (nSPS) is 26.1. The quantitative estimate of drug-likeness (QED) is 0.794. The summed E-state index contributed by atoms with van der Waals surface area (Å²) in [6.45, 7) is 0.890. The van der Waals surface area contributed by atoms with Crippen molar-refractivity contribution in [3.8, 4) is 0 Å². The Bertz CT molecular complexity index is 496. The number of hydrogen-bond donors (Lipinski definition) is 2. The lowest BCUT2D eigenvalue weighted by Crippen LogP contribution is -2.34. The van der Waals surface area contributed by atoms with Crippen LogP contribution < -0.4 is 5.32 Å². The Kier molecular flexibility index (Phi) is 2.63. The number of aromatic nitrogens is 1. The van der Waals surface area contributed by atoms with Crippen molar-refractivity contribution in [3.63, 3.8) is 0 Å². The van der Waals surface area contributed by atoms with Gasteiger partial charge >= 0.3 is 0 Å². The van der Waals surface area contributed by atoms with E-state index in [0.717, 1.165) is 24.9 Å². The molecule has 1 aromatic heterocycles. The van der Waals surface area contributed by atoms with E-state index < -0.39 is 0 Å². The van der Waals surface area contributed by atoms with Crippen molar-refractivity contribution in [1.29, 1.82) is 0 Å². The number of aliphatic hydroxyl groups is 1. The zero-order valence-corrected chi connectivity index (χ0v) is 9.70. The van der Waals surface area contributed by atoms with Gasteiger partial charge in [-0.15, -0.1) is 11.3 Å². The van der Waals surface area contributed by atoms with Crippen LogP contribution in [0, 0.1) is 0 Å². The van der Waals surface area contributed by atoms with E-state index in [9.17, 15) is 5.11 Å². The number of piperidine rings is 1. The van der Waals surface area contributed by atoms with Crippen molar-refractivity contribution in [3.05, 3.63) is 29.3 Å². The summed E-state index contributed by atoms with van der Waals surface area (Å²) in [5, 5.41) is 13.1. The molecule has 0 aliphatic carbocycles. The van der Waals surface area contributed by atoms with Crippen molar-refractivity contribution in [2.75, 3.05) is 6.54 Å². The second-order valence-electron chi connectivity index (χ2n) is 4.26. The Labute approximate surface area is 98.1 Å². The molecule has 1 unspecified atom stereocenters. The second-order valence-corrected chi connectivity index (χ2v) is 5.15. The van der Waals surface area contributed by atoms with E-state index in [-0.39, 0.29) is 12.1 Å². The molecule has 0 radical (unpaired) electrons. The molecule has 16 heavy (non-hydrogen) atoms. The average molecular weight is 234 g/mol. The zero-order valence-electron chi connectivity index (χ0n) is 8.89. The fourth-order valence-corrected chi connectivity index (χ4v) is 2.90. The summed E-state index contributed by atoms with van der Waals surface area (Å²) in [5.74, 6) is 0. The molecular formula is C12H14N2OS. The molecule has 0 saturated carbocycles. The smallest absolute Gasteiger partial charge is 0.0815 e. The Balaban J connectivity index is 1.92. The molecule has 1 aliphatic rings. The number of rotatable bonds is 1. The zero-order chi connectivity index (χ0) is 11.0. The van der Waals surface area contributed by atoms with Crippen molar-refractivity contribution in [2.45, 2.75) is 25.0 Å². The van der Waals surface area contributed by atoms with Gasteiger partial charge in [0, 0.05) is 6.04 Å². The van der Waals surface area contributed by atoms with Crippen molar-refractivity contribution in [1.82, 2.24) is 10.3 Å². The topological polar surface area (TPSA) is 45.1 Å². The summed E-state index contributed by atoms with van der Waals surface area (Å²) in [7, 11) is 0. The maximum absolute atomic E-state index is 9.66. The third kappa shape index (κ3) is 1.84. The molecule has 1 saturated heterocycles. The number of thiazole rings is 1. The van der Waals surface area contributed by atoms with Crippen LogP contribution in [0.4, 0.5) is 0 Å². The highest BCUT2D eigenvalue weighted by molar-refractivity contribution is 7.16. The first-order valence-electron chi connectivity index (χ1n) is 5.57. The molecule has 3 rings (SSSR count). The first-order chi connectivity index (χ1) is 7.83. The monoisotopic (exact) mass is 234 g/mol. The fourth-order valence-electron chi connectivity index (χ4n) is 2.24. The van der Waals surface area contributed by atoms with Crippen LogP contribution in [-0.2, 0) is 0 Å². The maximum Gasteiger partial charge on any atom is 0.0815 e. The van der Waals surface area contributed by atoms with Gasteiger partial charge in [0.05, 0.1) is 21.8 Å². The van der Waals surface area contributed by atoms with Crippen LogP contribution in [0.15, 0.2) is 23.7 Å². The summed E-state index contributed by atoms with van der Waals surface area (Å²) >= 11 is 1.66.